The van der Waals surface area contributed by atoms with Crippen LogP contribution in [-0.4, -0.2) is 23.9 Å². The Morgan fingerprint density at radius 2 is 2.04 bits per heavy atom. The number of hydrogen-bond donors (Lipinski definition) is 0. The van der Waals surface area contributed by atoms with Gasteiger partial charge in [-0.05, 0) is 48.2 Å². The van der Waals surface area contributed by atoms with Gasteiger partial charge in [0.2, 0.25) is 0 Å². The van der Waals surface area contributed by atoms with E-state index in [1.807, 2.05) is 6.07 Å². The van der Waals surface area contributed by atoms with Crippen molar-refractivity contribution in [2.24, 2.45) is 5.92 Å². The van der Waals surface area contributed by atoms with Crippen LogP contribution in [0, 0.1) is 23.1 Å². The van der Waals surface area contributed by atoms with Crippen molar-refractivity contribution in [2.75, 3.05) is 13.1 Å². The van der Waals surface area contributed by atoms with Crippen LogP contribution in [0.2, 0.25) is 5.02 Å². The monoisotopic (exact) mass is 342 g/mol. The standard InChI is InChI=1S/C19H16ClFN2O/c20-17-10-15(6-7-18(17)21)14-4-1-5-16(9-14)19(24)23-8-2-3-13(11-22)12-23/h1,4-7,9-10,13H,2-3,8,12H2/t13-/m1/s1. The number of likely N-dealkylation sites (tertiary alicyclic amines) is 1. The Morgan fingerprint density at radius 3 is 2.79 bits per heavy atom. The molecule has 0 radical (unpaired) electrons. The van der Waals surface area contributed by atoms with Crippen LogP contribution in [0.3, 0.4) is 0 Å². The molecule has 3 nitrogen and oxygen atoms in total. The van der Waals surface area contributed by atoms with Crippen molar-refractivity contribution in [1.82, 2.24) is 4.90 Å². The first-order valence-electron chi connectivity index (χ1n) is 7.83. The molecule has 0 bridgehead atoms. The van der Waals surface area contributed by atoms with Gasteiger partial charge in [-0.1, -0.05) is 29.8 Å². The maximum atomic E-state index is 13.3. The first kappa shape index (κ1) is 16.5. The van der Waals surface area contributed by atoms with Crippen molar-refractivity contribution in [2.45, 2.75) is 12.8 Å². The summed E-state index contributed by atoms with van der Waals surface area (Å²) in [4.78, 5) is 14.4. The van der Waals surface area contributed by atoms with Gasteiger partial charge in [-0.2, -0.15) is 5.26 Å². The molecule has 5 heteroatoms. The van der Waals surface area contributed by atoms with Crippen LogP contribution >= 0.6 is 11.6 Å². The van der Waals surface area contributed by atoms with Crippen LogP contribution in [0.4, 0.5) is 4.39 Å². The molecule has 1 aliphatic heterocycles. The third-order valence-corrected chi connectivity index (χ3v) is 4.54. The van der Waals surface area contributed by atoms with Gasteiger partial charge in [0.25, 0.3) is 5.91 Å². The van der Waals surface area contributed by atoms with Crippen LogP contribution in [0.1, 0.15) is 23.2 Å². The van der Waals surface area contributed by atoms with E-state index in [-0.39, 0.29) is 16.8 Å². The zero-order valence-electron chi connectivity index (χ0n) is 13.0. The third kappa shape index (κ3) is 3.42. The average Bonchev–Trinajstić information content (AvgIpc) is 2.63. The number of amides is 1. The molecule has 3 rings (SSSR count). The van der Waals surface area contributed by atoms with Gasteiger partial charge in [-0.3, -0.25) is 4.79 Å². The topological polar surface area (TPSA) is 44.1 Å². The van der Waals surface area contributed by atoms with Crippen LogP contribution in [0.25, 0.3) is 11.1 Å². The third-order valence-electron chi connectivity index (χ3n) is 4.25. The SMILES string of the molecule is N#C[C@H]1CCCN(C(=O)c2cccc(-c3ccc(F)c(Cl)c3)c2)C1. The van der Waals surface area contributed by atoms with Gasteiger partial charge < -0.3 is 4.90 Å². The minimum atomic E-state index is -0.469. The minimum Gasteiger partial charge on any atom is -0.337 e. The van der Waals surface area contributed by atoms with E-state index in [0.717, 1.165) is 24.0 Å². The summed E-state index contributed by atoms with van der Waals surface area (Å²) < 4.78 is 13.3. The molecule has 0 spiro atoms. The number of piperidine rings is 1. The van der Waals surface area contributed by atoms with Crippen LogP contribution in [0.15, 0.2) is 42.5 Å². The second kappa shape index (κ2) is 7.02. The summed E-state index contributed by atoms with van der Waals surface area (Å²) in [7, 11) is 0. The molecule has 122 valence electrons. The van der Waals surface area contributed by atoms with Crippen molar-refractivity contribution in [1.29, 1.82) is 5.26 Å². The van der Waals surface area contributed by atoms with E-state index in [2.05, 4.69) is 6.07 Å². The van der Waals surface area contributed by atoms with Crippen LogP contribution in [-0.2, 0) is 0 Å². The molecule has 0 unspecified atom stereocenters. The maximum Gasteiger partial charge on any atom is 0.253 e. The zero-order valence-corrected chi connectivity index (χ0v) is 13.8. The van der Waals surface area contributed by atoms with E-state index in [1.165, 1.54) is 6.07 Å². The van der Waals surface area contributed by atoms with Gasteiger partial charge in [0, 0.05) is 18.7 Å². The maximum absolute atomic E-state index is 13.3. The molecule has 0 saturated carbocycles. The Morgan fingerprint density at radius 1 is 1.25 bits per heavy atom. The fourth-order valence-corrected chi connectivity index (χ4v) is 3.14. The zero-order chi connectivity index (χ0) is 17.1. The molecule has 1 heterocycles. The number of carbonyl (C=O) groups excluding carboxylic acids is 1. The van der Waals surface area contributed by atoms with Crippen molar-refractivity contribution in [3.05, 3.63) is 58.9 Å². The lowest BCUT2D eigenvalue weighted by molar-refractivity contribution is 0.0699. The first-order chi connectivity index (χ1) is 11.6. The lowest BCUT2D eigenvalue weighted by atomic mass is 9.98. The Bertz CT molecular complexity index is 815. The highest BCUT2D eigenvalue weighted by molar-refractivity contribution is 6.31. The lowest BCUT2D eigenvalue weighted by Crippen LogP contribution is -2.39. The number of nitriles is 1. The molecule has 1 fully saturated rings. The quantitative estimate of drug-likeness (QED) is 0.805. The summed E-state index contributed by atoms with van der Waals surface area (Å²) >= 11 is 5.84. The molecule has 1 saturated heterocycles. The van der Waals surface area contributed by atoms with E-state index in [1.54, 1.807) is 35.2 Å². The number of rotatable bonds is 2. The number of benzene rings is 2. The molecule has 1 aliphatic rings. The van der Waals surface area contributed by atoms with Crippen molar-refractivity contribution >= 4 is 17.5 Å². The molecule has 0 aliphatic carbocycles. The van der Waals surface area contributed by atoms with Crippen LogP contribution in [0.5, 0.6) is 0 Å². The van der Waals surface area contributed by atoms with Crippen molar-refractivity contribution in [3.63, 3.8) is 0 Å². The average molecular weight is 343 g/mol. The molecular weight excluding hydrogens is 327 g/mol. The Hall–Kier alpha value is -2.38. The van der Waals surface area contributed by atoms with Gasteiger partial charge >= 0.3 is 0 Å². The summed E-state index contributed by atoms with van der Waals surface area (Å²) in [5.74, 6) is -0.643. The Balaban J connectivity index is 1.86. The number of carbonyl (C=O) groups is 1. The Kier molecular flexibility index (Phi) is 4.82. The highest BCUT2D eigenvalue weighted by Gasteiger charge is 2.24. The summed E-state index contributed by atoms with van der Waals surface area (Å²) in [5.41, 5.74) is 2.12. The molecular formula is C19H16ClFN2O. The molecule has 1 atom stereocenters. The molecule has 0 N–H and O–H groups in total. The van der Waals surface area contributed by atoms with E-state index < -0.39 is 5.82 Å². The van der Waals surface area contributed by atoms with E-state index in [4.69, 9.17) is 16.9 Å². The minimum absolute atomic E-state index is 0.0529. The predicted octanol–water partition coefficient (Wildman–Crippen LogP) is 4.52. The molecule has 2 aromatic carbocycles. The van der Waals surface area contributed by atoms with Gasteiger partial charge in [0.05, 0.1) is 17.0 Å². The summed E-state index contributed by atoms with van der Waals surface area (Å²) in [5, 5.41) is 9.12. The molecule has 24 heavy (non-hydrogen) atoms. The van der Waals surface area contributed by atoms with Crippen molar-refractivity contribution < 1.29 is 9.18 Å². The van der Waals surface area contributed by atoms with Crippen molar-refractivity contribution in [3.8, 4) is 17.2 Å². The normalized spacial score (nSPS) is 17.4. The van der Waals surface area contributed by atoms with Gasteiger partial charge in [0.1, 0.15) is 5.82 Å². The van der Waals surface area contributed by atoms with Gasteiger partial charge in [-0.25, -0.2) is 4.39 Å². The first-order valence-corrected chi connectivity index (χ1v) is 8.20. The smallest absolute Gasteiger partial charge is 0.253 e. The molecule has 1 amide bonds. The van der Waals surface area contributed by atoms with Crippen LogP contribution < -0.4 is 0 Å². The summed E-state index contributed by atoms with van der Waals surface area (Å²) in [6.45, 7) is 1.14. The number of halogens is 2. The second-order valence-electron chi connectivity index (χ2n) is 5.93. The lowest BCUT2D eigenvalue weighted by Gasteiger charge is -2.29. The fourth-order valence-electron chi connectivity index (χ4n) is 2.96. The molecule has 2 aromatic rings. The van der Waals surface area contributed by atoms with E-state index in [0.29, 0.717) is 18.7 Å². The molecule has 0 aromatic heterocycles. The summed E-state index contributed by atoms with van der Waals surface area (Å²) in [6.07, 6.45) is 1.69. The number of hydrogen-bond acceptors (Lipinski definition) is 2. The highest BCUT2D eigenvalue weighted by atomic mass is 35.5. The van der Waals surface area contributed by atoms with E-state index >= 15 is 0 Å². The number of nitrogens with zero attached hydrogens (tertiary/aromatic N) is 2. The Labute approximate surface area is 145 Å². The second-order valence-corrected chi connectivity index (χ2v) is 6.34. The van der Waals surface area contributed by atoms with Gasteiger partial charge in [0.15, 0.2) is 0 Å². The fraction of sp³-hybridized carbons (Fsp3) is 0.263. The van der Waals surface area contributed by atoms with E-state index in [9.17, 15) is 9.18 Å². The van der Waals surface area contributed by atoms with Gasteiger partial charge in [-0.15, -0.1) is 0 Å². The predicted molar refractivity (Wildman–Crippen MR) is 91.1 cm³/mol. The highest BCUT2D eigenvalue weighted by Crippen LogP contribution is 2.26. The largest absolute Gasteiger partial charge is 0.337 e. The summed E-state index contributed by atoms with van der Waals surface area (Å²) in [6, 6.07) is 13.9.